The van der Waals surface area contributed by atoms with E-state index in [0.717, 1.165) is 12.3 Å². The van der Waals surface area contributed by atoms with Crippen LogP contribution in [0.25, 0.3) is 0 Å². The number of hydrogen-bond acceptors (Lipinski definition) is 1. The molecule has 4 unspecified atom stereocenters. The highest BCUT2D eigenvalue weighted by Crippen LogP contribution is 2.56. The molecule has 0 bridgehead atoms. The van der Waals surface area contributed by atoms with Crippen LogP contribution in [0.1, 0.15) is 72.1 Å². The fourth-order valence-electron chi connectivity index (χ4n) is 4.49. The lowest BCUT2D eigenvalue weighted by atomic mass is 9.63. The van der Waals surface area contributed by atoms with E-state index in [-0.39, 0.29) is 6.10 Å². The summed E-state index contributed by atoms with van der Waals surface area (Å²) in [6, 6.07) is 0. The van der Waals surface area contributed by atoms with E-state index in [0.29, 0.717) is 11.3 Å². The first-order valence-electron chi connectivity index (χ1n) is 7.85. The Morgan fingerprint density at radius 3 is 2.78 bits per heavy atom. The molecule has 2 fully saturated rings. The summed E-state index contributed by atoms with van der Waals surface area (Å²) in [6.07, 6.45) is 12.5. The predicted molar refractivity (Wildman–Crippen MR) is 77.5 cm³/mol. The minimum atomic E-state index is -0.00784. The van der Waals surface area contributed by atoms with Crippen LogP contribution in [-0.4, -0.2) is 11.2 Å². The largest absolute Gasteiger partial charge is 0.393 e. The van der Waals surface area contributed by atoms with Crippen molar-refractivity contribution >= 4 is 0 Å². The number of unbranched alkanes of at least 4 members (excludes halogenated alkanes) is 1. The number of fused-ring (bicyclic) bond motifs is 1. The molecular weight excluding hydrogens is 220 g/mol. The van der Waals surface area contributed by atoms with Gasteiger partial charge in [0.1, 0.15) is 0 Å². The van der Waals surface area contributed by atoms with Crippen molar-refractivity contribution in [3.05, 3.63) is 11.6 Å². The minimum Gasteiger partial charge on any atom is -0.393 e. The van der Waals surface area contributed by atoms with Gasteiger partial charge in [-0.15, -0.1) is 0 Å². The van der Waals surface area contributed by atoms with Gasteiger partial charge in [0, 0.05) is 0 Å². The number of allylic oxidation sites excluding steroid dienone is 2. The summed E-state index contributed by atoms with van der Waals surface area (Å²) >= 11 is 0. The molecule has 0 amide bonds. The molecule has 0 heterocycles. The van der Waals surface area contributed by atoms with Crippen LogP contribution in [0.2, 0.25) is 0 Å². The van der Waals surface area contributed by atoms with Gasteiger partial charge in [0.2, 0.25) is 0 Å². The quantitative estimate of drug-likeness (QED) is 0.566. The third-order valence-electron chi connectivity index (χ3n) is 5.59. The molecule has 0 aromatic carbocycles. The normalized spacial score (nSPS) is 39.4. The Morgan fingerprint density at radius 2 is 2.06 bits per heavy atom. The monoisotopic (exact) mass is 250 g/mol. The molecule has 0 aromatic rings. The van der Waals surface area contributed by atoms with Gasteiger partial charge in [-0.1, -0.05) is 25.0 Å². The molecule has 4 atom stereocenters. The maximum absolute atomic E-state index is 10.2. The highest BCUT2D eigenvalue weighted by Gasteiger charge is 2.50. The predicted octanol–water partition coefficient (Wildman–Crippen LogP) is 4.70. The van der Waals surface area contributed by atoms with Crippen molar-refractivity contribution in [2.75, 3.05) is 0 Å². The number of hydrogen-bond donors (Lipinski definition) is 1. The van der Waals surface area contributed by atoms with Crippen LogP contribution in [0.4, 0.5) is 0 Å². The van der Waals surface area contributed by atoms with Gasteiger partial charge in [-0.25, -0.2) is 0 Å². The van der Waals surface area contributed by atoms with E-state index >= 15 is 0 Å². The lowest BCUT2D eigenvalue weighted by Gasteiger charge is -2.43. The fourth-order valence-corrected chi connectivity index (χ4v) is 4.49. The topological polar surface area (TPSA) is 20.2 Å². The van der Waals surface area contributed by atoms with Crippen molar-refractivity contribution in [2.24, 2.45) is 17.3 Å². The van der Waals surface area contributed by atoms with Crippen LogP contribution in [0, 0.1) is 17.3 Å². The second-order valence-electron chi connectivity index (χ2n) is 7.06. The molecule has 1 nitrogen and oxygen atoms in total. The van der Waals surface area contributed by atoms with Crippen molar-refractivity contribution in [1.82, 2.24) is 0 Å². The zero-order valence-electron chi connectivity index (χ0n) is 12.4. The zero-order valence-corrected chi connectivity index (χ0v) is 12.4. The van der Waals surface area contributed by atoms with E-state index in [1.807, 2.05) is 0 Å². The Labute approximate surface area is 113 Å². The first kappa shape index (κ1) is 14.1. The van der Waals surface area contributed by atoms with Crippen LogP contribution in [-0.2, 0) is 0 Å². The maximum atomic E-state index is 10.2. The smallest absolute Gasteiger partial charge is 0.0573 e. The first-order chi connectivity index (χ1) is 8.54. The van der Waals surface area contributed by atoms with E-state index < -0.39 is 0 Å². The summed E-state index contributed by atoms with van der Waals surface area (Å²) in [6.45, 7) is 6.83. The lowest BCUT2D eigenvalue weighted by Crippen LogP contribution is -2.39. The molecule has 18 heavy (non-hydrogen) atoms. The molecule has 2 rings (SSSR count). The Balaban J connectivity index is 1.88. The average molecular weight is 250 g/mol. The van der Waals surface area contributed by atoms with E-state index in [2.05, 4.69) is 26.8 Å². The third kappa shape index (κ3) is 2.82. The Bertz CT molecular complexity index is 303. The van der Waals surface area contributed by atoms with Crippen LogP contribution < -0.4 is 0 Å². The summed E-state index contributed by atoms with van der Waals surface area (Å²) in [4.78, 5) is 0. The van der Waals surface area contributed by atoms with Crippen molar-refractivity contribution < 1.29 is 5.11 Å². The Morgan fingerprint density at radius 1 is 1.28 bits per heavy atom. The molecular formula is C17H30O. The summed E-state index contributed by atoms with van der Waals surface area (Å²) in [5, 5.41) is 10.2. The molecule has 2 saturated carbocycles. The maximum Gasteiger partial charge on any atom is 0.0573 e. The van der Waals surface area contributed by atoms with Crippen LogP contribution in [0.15, 0.2) is 11.6 Å². The Kier molecular flexibility index (Phi) is 4.53. The summed E-state index contributed by atoms with van der Waals surface area (Å²) in [5.41, 5.74) is 1.89. The van der Waals surface area contributed by atoms with Crippen molar-refractivity contribution in [1.29, 1.82) is 0 Å². The molecule has 1 N–H and O–H groups in total. The molecule has 0 spiro atoms. The van der Waals surface area contributed by atoms with E-state index in [1.54, 1.807) is 0 Å². The second-order valence-corrected chi connectivity index (χ2v) is 7.06. The van der Waals surface area contributed by atoms with Crippen molar-refractivity contribution in [3.8, 4) is 0 Å². The molecule has 2 aliphatic carbocycles. The van der Waals surface area contributed by atoms with Gasteiger partial charge in [0.05, 0.1) is 6.10 Å². The van der Waals surface area contributed by atoms with Crippen LogP contribution >= 0.6 is 0 Å². The number of rotatable bonds is 4. The molecule has 0 saturated heterocycles. The van der Waals surface area contributed by atoms with Gasteiger partial charge in [0.15, 0.2) is 0 Å². The highest BCUT2D eigenvalue weighted by atomic mass is 16.3. The minimum absolute atomic E-state index is 0.00784. The summed E-state index contributed by atoms with van der Waals surface area (Å²) < 4.78 is 0. The van der Waals surface area contributed by atoms with Crippen LogP contribution in [0.5, 0.6) is 0 Å². The SMILES string of the molecule is CC(C)=CCCCC1CCC2C(O)CCCC12C. The van der Waals surface area contributed by atoms with Gasteiger partial charge in [-0.05, 0) is 76.0 Å². The highest BCUT2D eigenvalue weighted by molar-refractivity contribution is 5.00. The van der Waals surface area contributed by atoms with Gasteiger partial charge in [0.25, 0.3) is 0 Å². The molecule has 0 radical (unpaired) electrons. The third-order valence-corrected chi connectivity index (χ3v) is 5.59. The number of aliphatic hydroxyl groups excluding tert-OH is 1. The molecule has 2 aliphatic rings. The van der Waals surface area contributed by atoms with E-state index in [9.17, 15) is 5.11 Å². The van der Waals surface area contributed by atoms with Crippen molar-refractivity contribution in [3.63, 3.8) is 0 Å². The summed E-state index contributed by atoms with van der Waals surface area (Å²) in [5.74, 6) is 1.46. The molecule has 0 aliphatic heterocycles. The lowest BCUT2D eigenvalue weighted by molar-refractivity contribution is -0.0185. The molecule has 0 aromatic heterocycles. The van der Waals surface area contributed by atoms with Gasteiger partial charge in [-0.3, -0.25) is 0 Å². The molecule has 104 valence electrons. The van der Waals surface area contributed by atoms with Crippen LogP contribution in [0.3, 0.4) is 0 Å². The zero-order chi connectivity index (χ0) is 13.2. The number of aliphatic hydroxyl groups is 1. The summed E-state index contributed by atoms with van der Waals surface area (Å²) in [7, 11) is 0. The standard InChI is InChI=1S/C17H30O/c1-13(2)7-4-5-8-14-10-11-15-16(18)9-6-12-17(14,15)3/h7,14-16,18H,4-6,8-12H2,1-3H3. The van der Waals surface area contributed by atoms with Gasteiger partial charge < -0.3 is 5.11 Å². The van der Waals surface area contributed by atoms with Gasteiger partial charge >= 0.3 is 0 Å². The second kappa shape index (κ2) is 5.77. The van der Waals surface area contributed by atoms with Crippen molar-refractivity contribution in [2.45, 2.75) is 78.2 Å². The van der Waals surface area contributed by atoms with Gasteiger partial charge in [-0.2, -0.15) is 0 Å². The fraction of sp³-hybridized carbons (Fsp3) is 0.882. The molecule has 1 heteroatoms. The van der Waals surface area contributed by atoms with E-state index in [1.165, 1.54) is 50.5 Å². The van der Waals surface area contributed by atoms with E-state index in [4.69, 9.17) is 0 Å². The average Bonchev–Trinajstić information content (AvgIpc) is 2.63. The first-order valence-corrected chi connectivity index (χ1v) is 7.85. The Hall–Kier alpha value is -0.300.